The lowest BCUT2D eigenvalue weighted by Gasteiger charge is -2.27. The molecule has 1 heterocycles. The summed E-state index contributed by atoms with van der Waals surface area (Å²) < 4.78 is 10.9. The molecule has 196 valence electrons. The summed E-state index contributed by atoms with van der Waals surface area (Å²) in [6.07, 6.45) is -1.10. The standard InChI is InChI=1S/C24H26N4O9/c1-24(2,3)13-27(23(32)33)9-8-25-22(31)17-12-20(37-26-17)21-18(30)10-15(29)11-19(21)36-16-6-4-14(5-7-16)28(34)35/h4-7,10-12,29-30H,8-9,13H2,1-3H3,(H,25,31)(H,32,33). The molecule has 0 aliphatic carbocycles. The maximum Gasteiger partial charge on any atom is 0.407 e. The zero-order valence-electron chi connectivity index (χ0n) is 20.3. The number of carbonyl (C=O) groups excluding carboxylic acids is 1. The number of non-ortho nitro benzene ring substituents is 1. The highest BCUT2D eigenvalue weighted by molar-refractivity contribution is 5.93. The molecule has 13 nitrogen and oxygen atoms in total. The van der Waals surface area contributed by atoms with Gasteiger partial charge in [-0.2, -0.15) is 0 Å². The number of carbonyl (C=O) groups is 2. The summed E-state index contributed by atoms with van der Waals surface area (Å²) in [4.78, 5) is 35.5. The van der Waals surface area contributed by atoms with Crippen LogP contribution in [0, 0.1) is 15.5 Å². The van der Waals surface area contributed by atoms with Crippen LogP contribution in [0.15, 0.2) is 47.0 Å². The largest absolute Gasteiger partial charge is 0.508 e. The van der Waals surface area contributed by atoms with Crippen LogP contribution in [0.2, 0.25) is 0 Å². The second-order valence-electron chi connectivity index (χ2n) is 9.29. The molecule has 3 aromatic rings. The van der Waals surface area contributed by atoms with Gasteiger partial charge in [-0.1, -0.05) is 25.9 Å². The summed E-state index contributed by atoms with van der Waals surface area (Å²) in [7, 11) is 0. The summed E-state index contributed by atoms with van der Waals surface area (Å²) in [6.45, 7) is 6.08. The predicted octanol–water partition coefficient (Wildman–Crippen LogP) is 4.21. The van der Waals surface area contributed by atoms with Crippen LogP contribution in [-0.2, 0) is 0 Å². The third-order valence-corrected chi connectivity index (χ3v) is 4.93. The topological polar surface area (TPSA) is 188 Å². The first-order chi connectivity index (χ1) is 17.3. The van der Waals surface area contributed by atoms with Gasteiger partial charge in [0.2, 0.25) is 0 Å². The van der Waals surface area contributed by atoms with Crippen LogP contribution in [0.4, 0.5) is 10.5 Å². The Bertz CT molecular complexity index is 1300. The van der Waals surface area contributed by atoms with Crippen molar-refractivity contribution in [2.24, 2.45) is 5.41 Å². The first-order valence-corrected chi connectivity index (χ1v) is 11.1. The average Bonchev–Trinajstić information content (AvgIpc) is 3.27. The maximum atomic E-state index is 12.5. The van der Waals surface area contributed by atoms with Crippen molar-refractivity contribution < 1.29 is 39.1 Å². The van der Waals surface area contributed by atoms with Gasteiger partial charge in [-0.05, 0) is 17.5 Å². The zero-order chi connectivity index (χ0) is 27.3. The minimum absolute atomic E-state index is 0.0232. The van der Waals surface area contributed by atoms with E-state index in [0.717, 1.165) is 6.07 Å². The molecular formula is C24H26N4O9. The van der Waals surface area contributed by atoms with Gasteiger partial charge in [0, 0.05) is 50.0 Å². The van der Waals surface area contributed by atoms with Gasteiger partial charge in [0.05, 0.1) is 4.92 Å². The lowest BCUT2D eigenvalue weighted by molar-refractivity contribution is -0.384. The van der Waals surface area contributed by atoms with E-state index in [0.29, 0.717) is 0 Å². The Morgan fingerprint density at radius 1 is 1.16 bits per heavy atom. The fraction of sp³-hybridized carbons (Fsp3) is 0.292. The Hall–Kier alpha value is -4.81. The third-order valence-electron chi connectivity index (χ3n) is 4.93. The molecule has 0 radical (unpaired) electrons. The van der Waals surface area contributed by atoms with E-state index in [9.17, 15) is 35.0 Å². The molecule has 3 rings (SSSR count). The van der Waals surface area contributed by atoms with E-state index in [1.54, 1.807) is 0 Å². The molecule has 37 heavy (non-hydrogen) atoms. The number of aromatic nitrogens is 1. The van der Waals surface area contributed by atoms with Gasteiger partial charge in [0.1, 0.15) is 28.6 Å². The number of nitro benzene ring substituents is 1. The van der Waals surface area contributed by atoms with Crippen LogP contribution in [-0.4, -0.2) is 61.9 Å². The van der Waals surface area contributed by atoms with Gasteiger partial charge in [-0.3, -0.25) is 14.9 Å². The fourth-order valence-corrected chi connectivity index (χ4v) is 3.39. The Morgan fingerprint density at radius 3 is 2.43 bits per heavy atom. The Balaban J connectivity index is 1.76. The number of hydrogen-bond acceptors (Lipinski definition) is 9. The van der Waals surface area contributed by atoms with E-state index >= 15 is 0 Å². The van der Waals surface area contributed by atoms with E-state index in [4.69, 9.17) is 9.26 Å². The van der Waals surface area contributed by atoms with E-state index in [2.05, 4.69) is 10.5 Å². The van der Waals surface area contributed by atoms with Crippen LogP contribution in [0.3, 0.4) is 0 Å². The van der Waals surface area contributed by atoms with E-state index in [-0.39, 0.29) is 65.0 Å². The summed E-state index contributed by atoms with van der Waals surface area (Å²) in [5.41, 5.74) is -0.572. The molecule has 0 atom stereocenters. The van der Waals surface area contributed by atoms with Crippen molar-refractivity contribution in [3.05, 3.63) is 58.3 Å². The van der Waals surface area contributed by atoms with Crippen LogP contribution in [0.1, 0.15) is 31.3 Å². The van der Waals surface area contributed by atoms with Crippen molar-refractivity contribution in [1.82, 2.24) is 15.4 Å². The van der Waals surface area contributed by atoms with Gasteiger partial charge < -0.3 is 34.8 Å². The Morgan fingerprint density at radius 2 is 1.84 bits per heavy atom. The first-order valence-electron chi connectivity index (χ1n) is 11.1. The summed E-state index contributed by atoms with van der Waals surface area (Å²) in [5.74, 6) is -1.33. The van der Waals surface area contributed by atoms with Crippen molar-refractivity contribution >= 4 is 17.7 Å². The molecule has 0 bridgehead atoms. The van der Waals surface area contributed by atoms with Gasteiger partial charge >= 0.3 is 6.09 Å². The minimum Gasteiger partial charge on any atom is -0.508 e. The van der Waals surface area contributed by atoms with Crippen LogP contribution >= 0.6 is 0 Å². The lowest BCUT2D eigenvalue weighted by atomic mass is 9.96. The smallest absolute Gasteiger partial charge is 0.407 e. The number of amides is 2. The molecule has 13 heteroatoms. The van der Waals surface area contributed by atoms with Gasteiger partial charge in [-0.15, -0.1) is 0 Å². The van der Waals surface area contributed by atoms with Crippen molar-refractivity contribution in [2.75, 3.05) is 19.6 Å². The number of aromatic hydroxyl groups is 2. The number of carboxylic acid groups (broad SMARTS) is 1. The van der Waals surface area contributed by atoms with Crippen LogP contribution < -0.4 is 10.1 Å². The fourth-order valence-electron chi connectivity index (χ4n) is 3.39. The predicted molar refractivity (Wildman–Crippen MR) is 130 cm³/mol. The van der Waals surface area contributed by atoms with E-state index < -0.39 is 22.7 Å². The van der Waals surface area contributed by atoms with Gasteiger partial charge in [-0.25, -0.2) is 4.79 Å². The highest BCUT2D eigenvalue weighted by Gasteiger charge is 2.23. The second kappa shape index (κ2) is 10.8. The molecule has 0 unspecified atom stereocenters. The normalized spacial score (nSPS) is 11.1. The highest BCUT2D eigenvalue weighted by atomic mass is 16.6. The number of benzene rings is 2. The van der Waals surface area contributed by atoms with E-state index in [1.165, 1.54) is 41.3 Å². The van der Waals surface area contributed by atoms with Gasteiger partial charge in [0.15, 0.2) is 11.5 Å². The van der Waals surface area contributed by atoms with Crippen molar-refractivity contribution in [3.63, 3.8) is 0 Å². The Labute approximate surface area is 211 Å². The number of nitrogens with zero attached hydrogens (tertiary/aromatic N) is 3. The molecule has 2 aromatic carbocycles. The molecule has 1 aromatic heterocycles. The summed E-state index contributed by atoms with van der Waals surface area (Å²) >= 11 is 0. The number of hydrogen-bond donors (Lipinski definition) is 4. The number of ether oxygens (including phenoxy) is 1. The molecule has 0 fully saturated rings. The van der Waals surface area contributed by atoms with E-state index in [1.807, 2.05) is 20.8 Å². The molecule has 0 saturated heterocycles. The monoisotopic (exact) mass is 514 g/mol. The number of phenolic OH excluding ortho intramolecular Hbond substituents is 2. The van der Waals surface area contributed by atoms with Crippen LogP contribution in [0.25, 0.3) is 11.3 Å². The number of nitrogens with one attached hydrogen (secondary N) is 1. The number of phenols is 2. The quantitative estimate of drug-likeness (QED) is 0.238. The average molecular weight is 514 g/mol. The van der Waals surface area contributed by atoms with Crippen molar-refractivity contribution in [1.29, 1.82) is 0 Å². The third kappa shape index (κ3) is 7.10. The Kier molecular flexibility index (Phi) is 7.85. The highest BCUT2D eigenvalue weighted by Crippen LogP contribution is 2.43. The lowest BCUT2D eigenvalue weighted by Crippen LogP contribution is -2.42. The molecule has 0 aliphatic rings. The molecule has 0 aliphatic heterocycles. The zero-order valence-corrected chi connectivity index (χ0v) is 20.3. The molecule has 2 amide bonds. The molecular weight excluding hydrogens is 488 g/mol. The molecule has 0 spiro atoms. The second-order valence-corrected chi connectivity index (χ2v) is 9.29. The summed E-state index contributed by atoms with van der Waals surface area (Å²) in [6, 6.07) is 8.59. The number of rotatable bonds is 9. The minimum atomic E-state index is -1.10. The van der Waals surface area contributed by atoms with Crippen molar-refractivity contribution in [2.45, 2.75) is 20.8 Å². The first kappa shape index (κ1) is 26.8. The SMILES string of the molecule is CC(C)(C)CN(CCNC(=O)c1cc(-c2c(O)cc(O)cc2Oc2ccc([N+](=O)[O-])cc2)on1)C(=O)O. The van der Waals surface area contributed by atoms with Crippen molar-refractivity contribution in [3.8, 4) is 34.3 Å². The van der Waals surface area contributed by atoms with Gasteiger partial charge in [0.25, 0.3) is 11.6 Å². The molecule has 4 N–H and O–H groups in total. The summed E-state index contributed by atoms with van der Waals surface area (Å²) in [5, 5.41) is 46.9. The number of nitro groups is 1. The maximum absolute atomic E-state index is 12.5. The van der Waals surface area contributed by atoms with Crippen LogP contribution in [0.5, 0.6) is 23.0 Å². The molecule has 0 saturated carbocycles.